The monoisotopic (exact) mass is 314 g/mol. The molecule has 114 valence electrons. The summed E-state index contributed by atoms with van der Waals surface area (Å²) in [5, 5.41) is 17.4. The van der Waals surface area contributed by atoms with Crippen LogP contribution >= 0.6 is 0 Å². The molecular formula is C13H15FN2O4S. The summed E-state index contributed by atoms with van der Waals surface area (Å²) >= 11 is 0. The highest BCUT2D eigenvalue weighted by Gasteiger charge is 2.19. The van der Waals surface area contributed by atoms with Gasteiger partial charge < -0.3 is 5.11 Å². The number of carboxylic acids is 1. The zero-order valence-electron chi connectivity index (χ0n) is 11.3. The lowest BCUT2D eigenvalue weighted by atomic mass is 10.0. The smallest absolute Gasteiger partial charge is 0.303 e. The quantitative estimate of drug-likeness (QED) is 0.792. The molecule has 0 aromatic heterocycles. The summed E-state index contributed by atoms with van der Waals surface area (Å²) in [7, 11) is -3.91. The van der Waals surface area contributed by atoms with Crippen LogP contribution in [0.15, 0.2) is 23.1 Å². The number of benzene rings is 1. The van der Waals surface area contributed by atoms with Crippen molar-refractivity contribution < 1.29 is 22.7 Å². The number of hydrogen-bond acceptors (Lipinski definition) is 4. The molecule has 0 saturated carbocycles. The van der Waals surface area contributed by atoms with Crippen LogP contribution in [0.25, 0.3) is 0 Å². The van der Waals surface area contributed by atoms with Gasteiger partial charge in [-0.1, -0.05) is 13.3 Å². The predicted octanol–water partition coefficient (Wildman–Crippen LogP) is 1.48. The van der Waals surface area contributed by atoms with Crippen LogP contribution in [0.4, 0.5) is 4.39 Å². The molecule has 0 amide bonds. The van der Waals surface area contributed by atoms with E-state index in [9.17, 15) is 17.6 Å². The van der Waals surface area contributed by atoms with Gasteiger partial charge in [0.1, 0.15) is 11.9 Å². The molecule has 1 aromatic carbocycles. The van der Waals surface area contributed by atoms with Crippen LogP contribution < -0.4 is 4.72 Å². The van der Waals surface area contributed by atoms with Crippen LogP contribution in [-0.4, -0.2) is 26.0 Å². The molecule has 0 saturated heterocycles. The number of hydrogen-bond donors (Lipinski definition) is 2. The number of carbonyl (C=O) groups is 1. The molecule has 2 N–H and O–H groups in total. The first-order chi connectivity index (χ1) is 9.80. The summed E-state index contributed by atoms with van der Waals surface area (Å²) in [5.74, 6) is -2.14. The fourth-order valence-electron chi connectivity index (χ4n) is 1.68. The lowest BCUT2D eigenvalue weighted by molar-refractivity contribution is -0.138. The van der Waals surface area contributed by atoms with Crippen molar-refractivity contribution in [3.8, 4) is 6.07 Å². The number of halogens is 1. The maximum absolute atomic E-state index is 13.2. The van der Waals surface area contributed by atoms with Gasteiger partial charge in [0.2, 0.25) is 10.0 Å². The van der Waals surface area contributed by atoms with Gasteiger partial charge in [-0.2, -0.15) is 5.26 Å². The van der Waals surface area contributed by atoms with Crippen LogP contribution in [0.3, 0.4) is 0 Å². The van der Waals surface area contributed by atoms with Gasteiger partial charge in [0.25, 0.3) is 0 Å². The highest BCUT2D eigenvalue weighted by molar-refractivity contribution is 7.89. The normalized spacial score (nSPS) is 12.6. The molecule has 0 aliphatic heterocycles. The Morgan fingerprint density at radius 3 is 2.71 bits per heavy atom. The SMILES string of the molecule is CCC(CNS(=O)(=O)c1ccc(F)c(C#N)c1)CC(=O)O. The van der Waals surface area contributed by atoms with E-state index < -0.39 is 21.8 Å². The Morgan fingerprint density at radius 2 is 2.19 bits per heavy atom. The van der Waals surface area contributed by atoms with Crippen molar-refractivity contribution in [3.63, 3.8) is 0 Å². The van der Waals surface area contributed by atoms with E-state index >= 15 is 0 Å². The van der Waals surface area contributed by atoms with Crippen molar-refractivity contribution in [3.05, 3.63) is 29.6 Å². The number of sulfonamides is 1. The summed E-state index contributed by atoms with van der Waals surface area (Å²) in [6.07, 6.45) is 0.355. The van der Waals surface area contributed by atoms with E-state index in [0.717, 1.165) is 18.2 Å². The van der Waals surface area contributed by atoms with Crippen LogP contribution in [-0.2, 0) is 14.8 Å². The number of nitrogens with one attached hydrogen (secondary N) is 1. The van der Waals surface area contributed by atoms with Crippen LogP contribution in [0, 0.1) is 23.1 Å². The van der Waals surface area contributed by atoms with Gasteiger partial charge in [0.15, 0.2) is 0 Å². The van der Waals surface area contributed by atoms with E-state index in [1.807, 2.05) is 0 Å². The predicted molar refractivity (Wildman–Crippen MR) is 72.3 cm³/mol. The third kappa shape index (κ3) is 4.81. The first kappa shape index (κ1) is 17.1. The number of nitrogens with zero attached hydrogens (tertiary/aromatic N) is 1. The average Bonchev–Trinajstić information content (AvgIpc) is 2.43. The Hall–Kier alpha value is -1.98. The molecule has 0 spiro atoms. The maximum Gasteiger partial charge on any atom is 0.303 e. The minimum Gasteiger partial charge on any atom is -0.481 e. The average molecular weight is 314 g/mol. The van der Waals surface area contributed by atoms with Gasteiger partial charge in [-0.05, 0) is 24.1 Å². The largest absolute Gasteiger partial charge is 0.481 e. The van der Waals surface area contributed by atoms with Crippen molar-refractivity contribution in [2.75, 3.05) is 6.54 Å². The molecule has 0 fully saturated rings. The summed E-state index contributed by atoms with van der Waals surface area (Å²) in [6.45, 7) is 1.72. The van der Waals surface area contributed by atoms with E-state index in [0.29, 0.717) is 6.42 Å². The molecule has 0 heterocycles. The summed E-state index contributed by atoms with van der Waals surface area (Å²) < 4.78 is 39.5. The molecule has 1 atom stereocenters. The van der Waals surface area contributed by atoms with E-state index in [2.05, 4.69) is 4.72 Å². The third-order valence-corrected chi connectivity index (χ3v) is 4.39. The topological polar surface area (TPSA) is 107 Å². The maximum atomic E-state index is 13.2. The minimum atomic E-state index is -3.91. The number of nitriles is 1. The number of aliphatic carboxylic acids is 1. The third-order valence-electron chi connectivity index (χ3n) is 2.97. The van der Waals surface area contributed by atoms with Crippen molar-refractivity contribution in [2.45, 2.75) is 24.7 Å². The zero-order chi connectivity index (χ0) is 16.0. The molecule has 0 aliphatic carbocycles. The summed E-state index contributed by atoms with van der Waals surface area (Å²) in [4.78, 5) is 10.4. The Morgan fingerprint density at radius 1 is 1.52 bits per heavy atom. The Labute approximate surface area is 122 Å². The number of rotatable bonds is 7. The first-order valence-electron chi connectivity index (χ1n) is 6.21. The zero-order valence-corrected chi connectivity index (χ0v) is 12.2. The lowest BCUT2D eigenvalue weighted by Gasteiger charge is -2.14. The Balaban J connectivity index is 2.87. The summed E-state index contributed by atoms with van der Waals surface area (Å²) in [5.41, 5.74) is -0.365. The Bertz CT molecular complexity index is 667. The molecule has 0 aliphatic rings. The Kier molecular flexibility index (Phi) is 5.81. The van der Waals surface area contributed by atoms with Crippen LogP contribution in [0.1, 0.15) is 25.3 Å². The molecule has 21 heavy (non-hydrogen) atoms. The minimum absolute atomic E-state index is 0.0373. The van der Waals surface area contributed by atoms with Crippen LogP contribution in [0.2, 0.25) is 0 Å². The first-order valence-corrected chi connectivity index (χ1v) is 7.69. The standard InChI is InChI=1S/C13H15FN2O4S/c1-2-9(5-13(17)18)8-16-21(19,20)11-3-4-12(14)10(6-11)7-15/h3-4,6,9,16H,2,5,8H2,1H3,(H,17,18). The van der Waals surface area contributed by atoms with Crippen LogP contribution in [0.5, 0.6) is 0 Å². The highest BCUT2D eigenvalue weighted by Crippen LogP contribution is 2.15. The lowest BCUT2D eigenvalue weighted by Crippen LogP contribution is -2.30. The molecule has 0 bridgehead atoms. The molecule has 1 rings (SSSR count). The van der Waals surface area contributed by atoms with Gasteiger partial charge in [-0.3, -0.25) is 4.79 Å². The van der Waals surface area contributed by atoms with E-state index in [4.69, 9.17) is 10.4 Å². The fourth-order valence-corrected chi connectivity index (χ4v) is 2.82. The number of carboxylic acid groups (broad SMARTS) is 1. The van der Waals surface area contributed by atoms with Gasteiger partial charge in [0, 0.05) is 13.0 Å². The molecule has 8 heteroatoms. The van der Waals surface area contributed by atoms with Gasteiger partial charge >= 0.3 is 5.97 Å². The second kappa shape index (κ2) is 7.15. The van der Waals surface area contributed by atoms with Crippen molar-refractivity contribution in [1.82, 2.24) is 4.72 Å². The van der Waals surface area contributed by atoms with Crippen molar-refractivity contribution in [1.29, 1.82) is 5.26 Å². The molecule has 1 aromatic rings. The van der Waals surface area contributed by atoms with Gasteiger partial charge in [-0.25, -0.2) is 17.5 Å². The van der Waals surface area contributed by atoms with Gasteiger partial charge in [0.05, 0.1) is 10.5 Å². The molecule has 0 radical (unpaired) electrons. The highest BCUT2D eigenvalue weighted by atomic mass is 32.2. The van der Waals surface area contributed by atoms with Gasteiger partial charge in [-0.15, -0.1) is 0 Å². The molecule has 6 nitrogen and oxygen atoms in total. The molecule has 1 unspecified atom stereocenters. The second-order valence-electron chi connectivity index (χ2n) is 4.48. The van der Waals surface area contributed by atoms with E-state index in [1.54, 1.807) is 13.0 Å². The fraction of sp³-hybridized carbons (Fsp3) is 0.385. The van der Waals surface area contributed by atoms with Crippen molar-refractivity contribution >= 4 is 16.0 Å². The summed E-state index contributed by atoms with van der Waals surface area (Å²) in [6, 6.07) is 4.46. The second-order valence-corrected chi connectivity index (χ2v) is 6.24. The van der Waals surface area contributed by atoms with E-state index in [-0.39, 0.29) is 29.3 Å². The van der Waals surface area contributed by atoms with E-state index in [1.165, 1.54) is 0 Å². The molecular weight excluding hydrogens is 299 g/mol. The van der Waals surface area contributed by atoms with Crippen molar-refractivity contribution in [2.24, 2.45) is 5.92 Å².